The Morgan fingerprint density at radius 3 is 2.62 bits per heavy atom. The summed E-state index contributed by atoms with van der Waals surface area (Å²) >= 11 is 0. The average Bonchev–Trinajstić information content (AvgIpc) is 2.53. The quantitative estimate of drug-likeness (QED) is 0.932. The molecule has 1 N–H and O–H groups in total. The fourth-order valence-electron chi connectivity index (χ4n) is 3.37. The first kappa shape index (κ1) is 14.3. The van der Waals surface area contributed by atoms with Crippen LogP contribution < -0.4 is 4.90 Å². The van der Waals surface area contributed by atoms with Crippen molar-refractivity contribution in [3.8, 4) is 0 Å². The number of pyridine rings is 1. The maximum Gasteiger partial charge on any atom is 0.134 e. The van der Waals surface area contributed by atoms with Gasteiger partial charge >= 0.3 is 0 Å². The standard InChI is InChI=1S/C18H24N2O/c1-13-7-9-16(10-8-13)20(2)18-15(12-21)11-14-5-3-4-6-17(14)19-18/h3-6,11,13,16,21H,7-10,12H2,1-2H3. The molecule has 1 aliphatic rings. The molecule has 0 saturated heterocycles. The minimum absolute atomic E-state index is 0.0423. The number of fused-ring (bicyclic) bond motifs is 1. The fraction of sp³-hybridized carbons (Fsp3) is 0.500. The van der Waals surface area contributed by atoms with Crippen LogP contribution >= 0.6 is 0 Å². The van der Waals surface area contributed by atoms with Gasteiger partial charge in [-0.25, -0.2) is 4.98 Å². The largest absolute Gasteiger partial charge is 0.392 e. The highest BCUT2D eigenvalue weighted by molar-refractivity contribution is 5.81. The smallest absolute Gasteiger partial charge is 0.134 e. The highest BCUT2D eigenvalue weighted by Gasteiger charge is 2.24. The van der Waals surface area contributed by atoms with Crippen LogP contribution in [-0.4, -0.2) is 23.2 Å². The number of hydrogen-bond acceptors (Lipinski definition) is 3. The molecular weight excluding hydrogens is 260 g/mol. The van der Waals surface area contributed by atoms with Gasteiger partial charge in [-0.05, 0) is 43.7 Å². The van der Waals surface area contributed by atoms with E-state index < -0.39 is 0 Å². The summed E-state index contributed by atoms with van der Waals surface area (Å²) in [5, 5.41) is 10.8. The predicted molar refractivity (Wildman–Crippen MR) is 87.5 cm³/mol. The van der Waals surface area contributed by atoms with E-state index in [1.165, 1.54) is 25.7 Å². The number of para-hydroxylation sites is 1. The summed E-state index contributed by atoms with van der Waals surface area (Å²) in [6.45, 7) is 2.38. The van der Waals surface area contributed by atoms with Crippen LogP contribution in [0.2, 0.25) is 0 Å². The molecule has 0 radical (unpaired) electrons. The number of rotatable bonds is 3. The SMILES string of the molecule is CC1CCC(N(C)c2nc3ccccc3cc2CO)CC1. The molecule has 1 aliphatic carbocycles. The third-order valence-electron chi connectivity index (χ3n) is 4.82. The van der Waals surface area contributed by atoms with Gasteiger partial charge in [-0.1, -0.05) is 25.1 Å². The summed E-state index contributed by atoms with van der Waals surface area (Å²) in [4.78, 5) is 7.09. The van der Waals surface area contributed by atoms with Gasteiger partial charge in [0.05, 0.1) is 12.1 Å². The minimum atomic E-state index is 0.0423. The number of aliphatic hydroxyl groups is 1. The first-order chi connectivity index (χ1) is 10.2. The molecule has 0 atom stereocenters. The molecule has 3 rings (SSSR count). The molecule has 1 aromatic heterocycles. The normalized spacial score (nSPS) is 22.4. The number of hydrogen-bond donors (Lipinski definition) is 1. The van der Waals surface area contributed by atoms with Gasteiger partial charge in [0.2, 0.25) is 0 Å². The van der Waals surface area contributed by atoms with Crippen molar-refractivity contribution in [3.63, 3.8) is 0 Å². The van der Waals surface area contributed by atoms with Crippen LogP contribution in [0.15, 0.2) is 30.3 Å². The summed E-state index contributed by atoms with van der Waals surface area (Å²) in [6.07, 6.45) is 5.02. The summed E-state index contributed by atoms with van der Waals surface area (Å²) in [5.41, 5.74) is 1.93. The van der Waals surface area contributed by atoms with Crippen molar-refractivity contribution in [1.82, 2.24) is 4.98 Å². The van der Waals surface area contributed by atoms with E-state index >= 15 is 0 Å². The van der Waals surface area contributed by atoms with Gasteiger partial charge in [-0.3, -0.25) is 0 Å². The topological polar surface area (TPSA) is 36.4 Å². The molecule has 0 amide bonds. The molecule has 0 bridgehead atoms. The van der Waals surface area contributed by atoms with E-state index in [2.05, 4.69) is 24.9 Å². The summed E-state index contributed by atoms with van der Waals surface area (Å²) in [7, 11) is 2.12. The molecule has 3 nitrogen and oxygen atoms in total. The zero-order valence-electron chi connectivity index (χ0n) is 12.9. The predicted octanol–water partition coefficient (Wildman–Crippen LogP) is 3.74. The summed E-state index contributed by atoms with van der Waals surface area (Å²) in [5.74, 6) is 1.78. The zero-order chi connectivity index (χ0) is 14.8. The van der Waals surface area contributed by atoms with E-state index in [1.807, 2.05) is 24.3 Å². The Balaban J connectivity index is 1.94. The molecule has 0 spiro atoms. The van der Waals surface area contributed by atoms with Crippen LogP contribution in [0.5, 0.6) is 0 Å². The summed E-state index contributed by atoms with van der Waals surface area (Å²) in [6, 6.07) is 10.7. The Morgan fingerprint density at radius 2 is 1.90 bits per heavy atom. The van der Waals surface area contributed by atoms with Crippen LogP contribution in [0.1, 0.15) is 38.2 Å². The van der Waals surface area contributed by atoms with Gasteiger partial charge in [0, 0.05) is 24.0 Å². The Labute approximate surface area is 126 Å². The lowest BCUT2D eigenvalue weighted by Gasteiger charge is -2.35. The zero-order valence-corrected chi connectivity index (χ0v) is 12.9. The Morgan fingerprint density at radius 1 is 1.19 bits per heavy atom. The van der Waals surface area contributed by atoms with Crippen LogP contribution in [0.25, 0.3) is 10.9 Å². The van der Waals surface area contributed by atoms with Crippen molar-refractivity contribution >= 4 is 16.7 Å². The van der Waals surface area contributed by atoms with Gasteiger partial charge in [0.1, 0.15) is 5.82 Å². The Hall–Kier alpha value is -1.61. The third kappa shape index (κ3) is 2.88. The van der Waals surface area contributed by atoms with Crippen molar-refractivity contribution in [2.24, 2.45) is 5.92 Å². The van der Waals surface area contributed by atoms with Crippen molar-refractivity contribution < 1.29 is 5.11 Å². The molecule has 3 heteroatoms. The van der Waals surface area contributed by atoms with E-state index in [1.54, 1.807) is 0 Å². The second-order valence-electron chi connectivity index (χ2n) is 6.35. The minimum Gasteiger partial charge on any atom is -0.392 e. The molecule has 0 unspecified atom stereocenters. The Bertz CT molecular complexity index is 618. The van der Waals surface area contributed by atoms with Crippen LogP contribution in [0.4, 0.5) is 5.82 Å². The number of benzene rings is 1. The first-order valence-corrected chi connectivity index (χ1v) is 7.91. The lowest BCUT2D eigenvalue weighted by atomic mass is 9.86. The Kier molecular flexibility index (Phi) is 4.11. The molecule has 112 valence electrons. The van der Waals surface area contributed by atoms with E-state index in [-0.39, 0.29) is 6.61 Å². The van der Waals surface area contributed by atoms with Crippen LogP contribution in [0, 0.1) is 5.92 Å². The first-order valence-electron chi connectivity index (χ1n) is 7.91. The van der Waals surface area contributed by atoms with E-state index in [0.717, 1.165) is 28.2 Å². The highest BCUT2D eigenvalue weighted by Crippen LogP contribution is 2.31. The number of aromatic nitrogens is 1. The van der Waals surface area contributed by atoms with Crippen molar-refractivity contribution in [3.05, 3.63) is 35.9 Å². The molecule has 1 saturated carbocycles. The lowest BCUT2D eigenvalue weighted by Crippen LogP contribution is -2.36. The van der Waals surface area contributed by atoms with Gasteiger partial charge in [-0.15, -0.1) is 0 Å². The van der Waals surface area contributed by atoms with Crippen molar-refractivity contribution in [2.45, 2.75) is 45.3 Å². The average molecular weight is 284 g/mol. The van der Waals surface area contributed by atoms with E-state index in [0.29, 0.717) is 6.04 Å². The lowest BCUT2D eigenvalue weighted by molar-refractivity contribution is 0.280. The second-order valence-corrected chi connectivity index (χ2v) is 6.35. The highest BCUT2D eigenvalue weighted by atomic mass is 16.3. The monoisotopic (exact) mass is 284 g/mol. The van der Waals surface area contributed by atoms with E-state index in [9.17, 15) is 5.11 Å². The van der Waals surface area contributed by atoms with Gasteiger partial charge in [0.25, 0.3) is 0 Å². The summed E-state index contributed by atoms with van der Waals surface area (Å²) < 4.78 is 0. The molecule has 21 heavy (non-hydrogen) atoms. The van der Waals surface area contributed by atoms with Crippen LogP contribution in [0.3, 0.4) is 0 Å². The second kappa shape index (κ2) is 6.02. The van der Waals surface area contributed by atoms with Crippen molar-refractivity contribution in [1.29, 1.82) is 0 Å². The number of nitrogens with zero attached hydrogens (tertiary/aromatic N) is 2. The molecule has 1 heterocycles. The van der Waals surface area contributed by atoms with Gasteiger partial charge < -0.3 is 10.0 Å². The molecule has 2 aromatic rings. The van der Waals surface area contributed by atoms with Crippen LogP contribution in [-0.2, 0) is 6.61 Å². The number of anilines is 1. The molecular formula is C18H24N2O. The maximum atomic E-state index is 9.70. The van der Waals surface area contributed by atoms with Crippen molar-refractivity contribution in [2.75, 3.05) is 11.9 Å². The van der Waals surface area contributed by atoms with Gasteiger partial charge in [-0.2, -0.15) is 0 Å². The third-order valence-corrected chi connectivity index (χ3v) is 4.82. The van der Waals surface area contributed by atoms with E-state index in [4.69, 9.17) is 4.98 Å². The fourth-order valence-corrected chi connectivity index (χ4v) is 3.37. The molecule has 0 aliphatic heterocycles. The maximum absolute atomic E-state index is 9.70. The number of aliphatic hydroxyl groups excluding tert-OH is 1. The molecule has 1 fully saturated rings. The molecule has 1 aromatic carbocycles. The van der Waals surface area contributed by atoms with Gasteiger partial charge in [0.15, 0.2) is 0 Å².